The second kappa shape index (κ2) is 5.00. The Balaban J connectivity index is 2.31. The lowest BCUT2D eigenvalue weighted by atomic mass is 10.1. The minimum absolute atomic E-state index is 0.414. The Morgan fingerprint density at radius 2 is 2.24 bits per heavy atom. The van der Waals surface area contributed by atoms with E-state index in [4.69, 9.17) is 5.73 Å². The Morgan fingerprint density at radius 1 is 1.47 bits per heavy atom. The standard InChI is InChI=1S/C13H22N4/c1-9(2)12-7-10(3)15-13(16-12)17-6-4-5-11(17)8-14/h7,9,11H,4-6,8,14H2,1-3H3. The van der Waals surface area contributed by atoms with Gasteiger partial charge in [-0.3, -0.25) is 0 Å². The molecule has 4 nitrogen and oxygen atoms in total. The fourth-order valence-corrected chi connectivity index (χ4v) is 2.35. The van der Waals surface area contributed by atoms with Crippen LogP contribution < -0.4 is 10.6 Å². The summed E-state index contributed by atoms with van der Waals surface area (Å²) in [7, 11) is 0. The molecule has 94 valence electrons. The van der Waals surface area contributed by atoms with Gasteiger partial charge in [-0.25, -0.2) is 9.97 Å². The molecule has 1 aliphatic rings. The number of aryl methyl sites for hydroxylation is 1. The zero-order valence-electron chi connectivity index (χ0n) is 11.0. The summed E-state index contributed by atoms with van der Waals surface area (Å²) >= 11 is 0. The summed E-state index contributed by atoms with van der Waals surface area (Å²) in [6.07, 6.45) is 2.35. The molecule has 0 spiro atoms. The van der Waals surface area contributed by atoms with Crippen LogP contribution in [0, 0.1) is 6.92 Å². The highest BCUT2D eigenvalue weighted by Gasteiger charge is 2.25. The van der Waals surface area contributed by atoms with E-state index in [1.54, 1.807) is 0 Å². The van der Waals surface area contributed by atoms with Gasteiger partial charge in [0.1, 0.15) is 0 Å². The third-order valence-electron chi connectivity index (χ3n) is 3.36. The lowest BCUT2D eigenvalue weighted by molar-refractivity contribution is 0.658. The normalized spacial score (nSPS) is 20.3. The highest BCUT2D eigenvalue weighted by atomic mass is 15.3. The molecule has 0 aliphatic carbocycles. The van der Waals surface area contributed by atoms with Crippen molar-refractivity contribution >= 4 is 5.95 Å². The average molecular weight is 234 g/mol. The molecule has 1 saturated heterocycles. The fourth-order valence-electron chi connectivity index (χ4n) is 2.35. The molecule has 0 bridgehead atoms. The van der Waals surface area contributed by atoms with Crippen molar-refractivity contribution in [2.24, 2.45) is 5.73 Å². The van der Waals surface area contributed by atoms with Crippen LogP contribution in [-0.2, 0) is 0 Å². The number of hydrogen-bond donors (Lipinski definition) is 1. The molecule has 2 N–H and O–H groups in total. The molecule has 1 unspecified atom stereocenters. The van der Waals surface area contributed by atoms with Gasteiger partial charge in [0, 0.05) is 30.5 Å². The van der Waals surface area contributed by atoms with Crippen LogP contribution in [0.3, 0.4) is 0 Å². The van der Waals surface area contributed by atoms with Crippen molar-refractivity contribution in [2.45, 2.75) is 45.6 Å². The van der Waals surface area contributed by atoms with Gasteiger partial charge in [0.15, 0.2) is 0 Å². The first-order valence-electron chi connectivity index (χ1n) is 6.44. The maximum atomic E-state index is 5.80. The van der Waals surface area contributed by atoms with Crippen LogP contribution in [0.1, 0.15) is 44.0 Å². The Morgan fingerprint density at radius 3 is 2.88 bits per heavy atom. The Bertz CT molecular complexity index is 389. The van der Waals surface area contributed by atoms with Crippen LogP contribution in [0.4, 0.5) is 5.95 Å². The lowest BCUT2D eigenvalue weighted by Crippen LogP contribution is -2.36. The number of nitrogens with zero attached hydrogens (tertiary/aromatic N) is 3. The van der Waals surface area contributed by atoms with E-state index >= 15 is 0 Å². The largest absolute Gasteiger partial charge is 0.337 e. The maximum Gasteiger partial charge on any atom is 0.226 e. The van der Waals surface area contributed by atoms with Crippen molar-refractivity contribution in [2.75, 3.05) is 18.0 Å². The summed E-state index contributed by atoms with van der Waals surface area (Å²) in [5.41, 5.74) is 7.96. The van der Waals surface area contributed by atoms with Gasteiger partial charge in [0.25, 0.3) is 0 Å². The van der Waals surface area contributed by atoms with Crippen LogP contribution in [0.2, 0.25) is 0 Å². The first-order valence-corrected chi connectivity index (χ1v) is 6.44. The first kappa shape index (κ1) is 12.3. The van der Waals surface area contributed by atoms with E-state index in [-0.39, 0.29) is 0 Å². The third kappa shape index (κ3) is 2.57. The van der Waals surface area contributed by atoms with Gasteiger partial charge in [-0.2, -0.15) is 0 Å². The molecular weight excluding hydrogens is 212 g/mol. The molecule has 1 aromatic heterocycles. The summed E-state index contributed by atoms with van der Waals surface area (Å²) in [5, 5.41) is 0. The number of anilines is 1. The minimum atomic E-state index is 0.414. The lowest BCUT2D eigenvalue weighted by Gasteiger charge is -2.24. The van der Waals surface area contributed by atoms with E-state index in [9.17, 15) is 0 Å². The van der Waals surface area contributed by atoms with Gasteiger partial charge < -0.3 is 10.6 Å². The van der Waals surface area contributed by atoms with Crippen molar-refractivity contribution in [3.05, 3.63) is 17.5 Å². The molecular formula is C13H22N4. The number of nitrogens with two attached hydrogens (primary N) is 1. The molecule has 4 heteroatoms. The third-order valence-corrected chi connectivity index (χ3v) is 3.36. The molecule has 17 heavy (non-hydrogen) atoms. The highest BCUT2D eigenvalue weighted by Crippen LogP contribution is 2.23. The molecule has 2 rings (SSSR count). The molecule has 0 saturated carbocycles. The Hall–Kier alpha value is -1.16. The highest BCUT2D eigenvalue weighted by molar-refractivity contribution is 5.36. The second-order valence-corrected chi connectivity index (χ2v) is 5.11. The molecule has 1 aromatic rings. The summed E-state index contributed by atoms with van der Waals surface area (Å²) in [6.45, 7) is 8.08. The Labute approximate surface area is 103 Å². The minimum Gasteiger partial charge on any atom is -0.337 e. The van der Waals surface area contributed by atoms with Crippen LogP contribution in [0.5, 0.6) is 0 Å². The Kier molecular flexibility index (Phi) is 3.62. The zero-order valence-corrected chi connectivity index (χ0v) is 11.0. The van der Waals surface area contributed by atoms with Crippen molar-refractivity contribution in [1.82, 2.24) is 9.97 Å². The second-order valence-electron chi connectivity index (χ2n) is 5.11. The van der Waals surface area contributed by atoms with Crippen LogP contribution >= 0.6 is 0 Å². The van der Waals surface area contributed by atoms with E-state index in [0.29, 0.717) is 18.5 Å². The number of aromatic nitrogens is 2. The van der Waals surface area contributed by atoms with Gasteiger partial charge in [-0.15, -0.1) is 0 Å². The molecule has 2 heterocycles. The molecule has 1 fully saturated rings. The molecule has 0 aromatic carbocycles. The van der Waals surface area contributed by atoms with Crippen LogP contribution in [0.15, 0.2) is 6.07 Å². The maximum absolute atomic E-state index is 5.80. The molecule has 1 aliphatic heterocycles. The van der Waals surface area contributed by atoms with Gasteiger partial charge in [0.05, 0.1) is 0 Å². The van der Waals surface area contributed by atoms with Gasteiger partial charge in [0.2, 0.25) is 5.95 Å². The summed E-state index contributed by atoms with van der Waals surface area (Å²) in [4.78, 5) is 11.5. The van der Waals surface area contributed by atoms with Crippen molar-refractivity contribution < 1.29 is 0 Å². The fraction of sp³-hybridized carbons (Fsp3) is 0.692. The number of hydrogen-bond acceptors (Lipinski definition) is 4. The van der Waals surface area contributed by atoms with Crippen LogP contribution in [0.25, 0.3) is 0 Å². The van der Waals surface area contributed by atoms with Crippen molar-refractivity contribution in [3.63, 3.8) is 0 Å². The van der Waals surface area contributed by atoms with Gasteiger partial charge in [-0.05, 0) is 31.7 Å². The summed E-state index contributed by atoms with van der Waals surface area (Å²) < 4.78 is 0. The first-order chi connectivity index (χ1) is 8.11. The number of rotatable bonds is 3. The monoisotopic (exact) mass is 234 g/mol. The van der Waals surface area contributed by atoms with E-state index in [2.05, 4.69) is 34.8 Å². The SMILES string of the molecule is Cc1cc(C(C)C)nc(N2CCCC2CN)n1. The summed E-state index contributed by atoms with van der Waals surface area (Å²) in [6, 6.07) is 2.48. The topological polar surface area (TPSA) is 55.0 Å². The van der Waals surface area contributed by atoms with Crippen molar-refractivity contribution in [1.29, 1.82) is 0 Å². The predicted molar refractivity (Wildman–Crippen MR) is 70.3 cm³/mol. The molecule has 0 amide bonds. The molecule has 0 radical (unpaired) electrons. The van der Waals surface area contributed by atoms with Crippen LogP contribution in [-0.4, -0.2) is 29.1 Å². The van der Waals surface area contributed by atoms with E-state index < -0.39 is 0 Å². The van der Waals surface area contributed by atoms with Gasteiger partial charge in [-0.1, -0.05) is 13.8 Å². The smallest absolute Gasteiger partial charge is 0.226 e. The summed E-state index contributed by atoms with van der Waals surface area (Å²) in [5.74, 6) is 1.30. The zero-order chi connectivity index (χ0) is 12.4. The predicted octanol–water partition coefficient (Wildman–Crippen LogP) is 1.84. The van der Waals surface area contributed by atoms with E-state index in [0.717, 1.165) is 30.3 Å². The van der Waals surface area contributed by atoms with E-state index in [1.165, 1.54) is 6.42 Å². The molecule has 1 atom stereocenters. The quantitative estimate of drug-likeness (QED) is 0.867. The van der Waals surface area contributed by atoms with Gasteiger partial charge >= 0.3 is 0 Å². The average Bonchev–Trinajstić information content (AvgIpc) is 2.76. The van der Waals surface area contributed by atoms with E-state index in [1.807, 2.05) is 6.92 Å². The van der Waals surface area contributed by atoms with Crippen molar-refractivity contribution in [3.8, 4) is 0 Å².